The van der Waals surface area contributed by atoms with Gasteiger partial charge in [-0.2, -0.15) is 5.26 Å². The van der Waals surface area contributed by atoms with Crippen molar-refractivity contribution in [3.05, 3.63) is 63.0 Å². The van der Waals surface area contributed by atoms with E-state index in [4.69, 9.17) is 9.47 Å². The van der Waals surface area contributed by atoms with E-state index in [0.717, 1.165) is 11.4 Å². The second-order valence-corrected chi connectivity index (χ2v) is 6.98. The molecule has 1 heterocycles. The zero-order valence-electron chi connectivity index (χ0n) is 18.2. The molecule has 0 aliphatic heterocycles. The standard InChI is InChI=1S/C22H24N4O6/c1-14-10-17(15(2)25(14)8-9-31-4)11-18(13-23)22(28)32-16(3)21(27)24-19-6-5-7-20(12-19)26(29)30/h5-7,10-12,16H,8-9H2,1-4H3,(H,24,27). The fourth-order valence-electron chi connectivity index (χ4n) is 3.01. The normalized spacial score (nSPS) is 12.0. The molecule has 32 heavy (non-hydrogen) atoms. The van der Waals surface area contributed by atoms with Crippen LogP contribution in [-0.4, -0.2) is 41.2 Å². The molecule has 0 saturated carbocycles. The van der Waals surface area contributed by atoms with Crippen molar-refractivity contribution < 1.29 is 24.0 Å². The lowest BCUT2D eigenvalue weighted by molar-refractivity contribution is -0.384. The van der Waals surface area contributed by atoms with Crippen molar-refractivity contribution in [1.29, 1.82) is 5.26 Å². The van der Waals surface area contributed by atoms with Gasteiger partial charge in [0.2, 0.25) is 0 Å². The summed E-state index contributed by atoms with van der Waals surface area (Å²) in [6.45, 7) is 6.26. The third kappa shape index (κ3) is 6.02. The molecule has 0 fully saturated rings. The number of nitrogens with zero attached hydrogens (tertiary/aromatic N) is 3. The average Bonchev–Trinajstić information content (AvgIpc) is 3.02. The number of carbonyl (C=O) groups is 2. The van der Waals surface area contributed by atoms with Crippen molar-refractivity contribution in [2.45, 2.75) is 33.4 Å². The van der Waals surface area contributed by atoms with E-state index in [2.05, 4.69) is 5.32 Å². The van der Waals surface area contributed by atoms with Gasteiger partial charge >= 0.3 is 5.97 Å². The number of carbonyl (C=O) groups excluding carboxylic acids is 2. The van der Waals surface area contributed by atoms with Gasteiger partial charge < -0.3 is 19.4 Å². The number of aromatic nitrogens is 1. The smallest absolute Gasteiger partial charge is 0.349 e. The van der Waals surface area contributed by atoms with E-state index in [1.807, 2.05) is 30.6 Å². The van der Waals surface area contributed by atoms with Crippen LogP contribution >= 0.6 is 0 Å². The number of anilines is 1. The molecule has 0 aliphatic carbocycles. The highest BCUT2D eigenvalue weighted by Crippen LogP contribution is 2.20. The summed E-state index contributed by atoms with van der Waals surface area (Å²) in [5, 5.41) is 22.7. The number of nitrogens with one attached hydrogen (secondary N) is 1. The number of methoxy groups -OCH3 is 1. The highest BCUT2D eigenvalue weighted by molar-refractivity contribution is 6.01. The minimum absolute atomic E-state index is 0.187. The van der Waals surface area contributed by atoms with E-state index in [9.17, 15) is 25.0 Å². The van der Waals surface area contributed by atoms with Crippen molar-refractivity contribution in [1.82, 2.24) is 4.57 Å². The lowest BCUT2D eigenvalue weighted by atomic mass is 10.1. The third-order valence-electron chi connectivity index (χ3n) is 4.75. The molecule has 168 valence electrons. The van der Waals surface area contributed by atoms with Crippen LogP contribution in [0.3, 0.4) is 0 Å². The topological polar surface area (TPSA) is 136 Å². The summed E-state index contributed by atoms with van der Waals surface area (Å²) >= 11 is 0. The zero-order valence-corrected chi connectivity index (χ0v) is 18.2. The molecule has 1 aromatic carbocycles. The fraction of sp³-hybridized carbons (Fsp3) is 0.318. The maximum Gasteiger partial charge on any atom is 0.349 e. The molecule has 1 atom stereocenters. The first-order chi connectivity index (χ1) is 15.2. The van der Waals surface area contributed by atoms with Gasteiger partial charge in [0.1, 0.15) is 11.6 Å². The van der Waals surface area contributed by atoms with Crippen LogP contribution in [-0.2, 0) is 25.6 Å². The van der Waals surface area contributed by atoms with E-state index in [1.165, 1.54) is 37.3 Å². The van der Waals surface area contributed by atoms with Crippen molar-refractivity contribution in [3.63, 3.8) is 0 Å². The van der Waals surface area contributed by atoms with Gasteiger partial charge in [0, 0.05) is 42.9 Å². The Morgan fingerprint density at radius 3 is 2.69 bits per heavy atom. The Morgan fingerprint density at radius 1 is 1.34 bits per heavy atom. The van der Waals surface area contributed by atoms with E-state index < -0.39 is 22.9 Å². The Labute approximate surface area is 185 Å². The number of esters is 1. The Bertz CT molecular complexity index is 1100. The summed E-state index contributed by atoms with van der Waals surface area (Å²) in [5.41, 5.74) is 2.22. The maximum atomic E-state index is 12.5. The lowest BCUT2D eigenvalue weighted by Crippen LogP contribution is -2.30. The van der Waals surface area contributed by atoms with Gasteiger partial charge in [0.05, 0.1) is 11.5 Å². The molecule has 0 bridgehead atoms. The SMILES string of the molecule is COCCn1c(C)cc(C=C(C#N)C(=O)OC(C)C(=O)Nc2cccc([N+](=O)[O-])c2)c1C. The van der Waals surface area contributed by atoms with E-state index in [-0.39, 0.29) is 16.9 Å². The molecular formula is C22H24N4O6. The second kappa shape index (κ2) is 10.9. The number of nitro groups is 1. The van der Waals surface area contributed by atoms with Gasteiger partial charge in [-0.05, 0) is 44.5 Å². The first kappa shape index (κ1) is 24.3. The molecule has 1 aromatic heterocycles. The maximum absolute atomic E-state index is 12.5. The van der Waals surface area contributed by atoms with Crippen LogP contribution in [0.4, 0.5) is 11.4 Å². The first-order valence-corrected chi connectivity index (χ1v) is 9.71. The number of amides is 1. The number of hydrogen-bond donors (Lipinski definition) is 1. The molecule has 10 heteroatoms. The van der Waals surface area contributed by atoms with Gasteiger partial charge in [-0.25, -0.2) is 4.79 Å². The van der Waals surface area contributed by atoms with Crippen molar-refractivity contribution >= 4 is 29.3 Å². The number of aryl methyl sites for hydroxylation is 1. The first-order valence-electron chi connectivity index (χ1n) is 9.71. The number of benzene rings is 1. The molecule has 2 rings (SSSR count). The summed E-state index contributed by atoms with van der Waals surface area (Å²) in [6, 6.07) is 9.02. The van der Waals surface area contributed by atoms with Crippen LogP contribution in [0.1, 0.15) is 23.9 Å². The second-order valence-electron chi connectivity index (χ2n) is 6.98. The Balaban J connectivity index is 2.11. The summed E-state index contributed by atoms with van der Waals surface area (Å²) in [5.74, 6) is -1.63. The van der Waals surface area contributed by atoms with Crippen LogP contribution in [0.15, 0.2) is 35.9 Å². The molecule has 1 unspecified atom stereocenters. The fourth-order valence-corrected chi connectivity index (χ4v) is 3.01. The molecule has 0 aliphatic rings. The number of nitriles is 1. The van der Waals surface area contributed by atoms with Crippen LogP contribution < -0.4 is 5.32 Å². The van der Waals surface area contributed by atoms with Crippen LogP contribution in [0.5, 0.6) is 0 Å². The quantitative estimate of drug-likeness (QED) is 0.208. The van der Waals surface area contributed by atoms with Gasteiger partial charge in [-0.3, -0.25) is 14.9 Å². The zero-order chi connectivity index (χ0) is 23.8. The number of non-ortho nitro benzene ring substituents is 1. The Morgan fingerprint density at radius 2 is 2.06 bits per heavy atom. The van der Waals surface area contributed by atoms with Gasteiger partial charge in [0.25, 0.3) is 11.6 Å². The van der Waals surface area contributed by atoms with Crippen LogP contribution in [0.25, 0.3) is 6.08 Å². The Hall–Kier alpha value is -3.97. The molecule has 0 spiro atoms. The molecular weight excluding hydrogens is 416 g/mol. The van der Waals surface area contributed by atoms with Crippen LogP contribution in [0, 0.1) is 35.3 Å². The Kier molecular flexibility index (Phi) is 8.26. The molecule has 0 radical (unpaired) electrons. The monoisotopic (exact) mass is 440 g/mol. The largest absolute Gasteiger partial charge is 0.448 e. The van der Waals surface area contributed by atoms with Gasteiger partial charge in [-0.15, -0.1) is 0 Å². The van der Waals surface area contributed by atoms with Crippen molar-refractivity contribution in [2.75, 3.05) is 19.0 Å². The van der Waals surface area contributed by atoms with Crippen molar-refractivity contribution in [3.8, 4) is 6.07 Å². The van der Waals surface area contributed by atoms with E-state index >= 15 is 0 Å². The lowest BCUT2D eigenvalue weighted by Gasteiger charge is -2.13. The number of rotatable bonds is 9. The summed E-state index contributed by atoms with van der Waals surface area (Å²) in [6.07, 6.45) is 0.187. The predicted octanol–water partition coefficient (Wildman–Crippen LogP) is 3.14. The number of nitro benzene ring substituents is 1. The minimum Gasteiger partial charge on any atom is -0.448 e. The van der Waals surface area contributed by atoms with E-state index in [1.54, 1.807) is 7.11 Å². The third-order valence-corrected chi connectivity index (χ3v) is 4.75. The van der Waals surface area contributed by atoms with Crippen LogP contribution in [0.2, 0.25) is 0 Å². The minimum atomic E-state index is -1.23. The summed E-state index contributed by atoms with van der Waals surface area (Å²) in [7, 11) is 1.61. The molecule has 2 aromatic rings. The molecule has 0 saturated heterocycles. The van der Waals surface area contributed by atoms with Gasteiger partial charge in [-0.1, -0.05) is 6.07 Å². The average molecular weight is 440 g/mol. The number of hydrogen-bond acceptors (Lipinski definition) is 7. The van der Waals surface area contributed by atoms with E-state index in [0.29, 0.717) is 18.7 Å². The number of ether oxygens (including phenoxy) is 2. The molecule has 1 amide bonds. The van der Waals surface area contributed by atoms with Crippen molar-refractivity contribution in [2.24, 2.45) is 0 Å². The highest BCUT2D eigenvalue weighted by atomic mass is 16.6. The molecule has 10 nitrogen and oxygen atoms in total. The van der Waals surface area contributed by atoms with Gasteiger partial charge in [0.15, 0.2) is 6.10 Å². The highest BCUT2D eigenvalue weighted by Gasteiger charge is 2.22. The summed E-state index contributed by atoms with van der Waals surface area (Å²) < 4.78 is 12.2. The molecule has 1 N–H and O–H groups in total. The summed E-state index contributed by atoms with van der Waals surface area (Å²) in [4.78, 5) is 35.0. The predicted molar refractivity (Wildman–Crippen MR) is 117 cm³/mol.